The first-order valence-corrected chi connectivity index (χ1v) is 9.92. The van der Waals surface area contributed by atoms with E-state index in [-0.39, 0.29) is 23.6 Å². The second-order valence-electron chi connectivity index (χ2n) is 7.88. The van der Waals surface area contributed by atoms with Crippen LogP contribution in [-0.2, 0) is 0 Å². The van der Waals surface area contributed by atoms with Crippen molar-refractivity contribution in [3.63, 3.8) is 0 Å². The highest BCUT2D eigenvalue weighted by Gasteiger charge is 2.47. The first kappa shape index (κ1) is 19.0. The molecule has 0 saturated heterocycles. The quantitative estimate of drug-likeness (QED) is 0.681. The predicted molar refractivity (Wildman–Crippen MR) is 100 cm³/mol. The van der Waals surface area contributed by atoms with Gasteiger partial charge in [0.25, 0.3) is 0 Å². The molecule has 28 heavy (non-hydrogen) atoms. The van der Waals surface area contributed by atoms with Gasteiger partial charge in [-0.3, -0.25) is 4.79 Å². The van der Waals surface area contributed by atoms with E-state index >= 15 is 0 Å². The standard InChI is InChI=1S/C21H24F3N3O/c22-21(23,24)19-12-17(15-9-5-2-6-10-15)26-20-16(13-25-27(19)20)18(28)11-14-7-3-1-4-8-14/h2,5-6,9-10,13-14,17,19,26H,1,3-4,7-8,11-12H2. The number of aromatic nitrogens is 2. The fourth-order valence-electron chi connectivity index (χ4n) is 4.43. The zero-order chi connectivity index (χ0) is 19.7. The number of fused-ring (bicyclic) bond motifs is 1. The minimum absolute atomic E-state index is 0.115. The Morgan fingerprint density at radius 1 is 1.14 bits per heavy atom. The molecule has 2 unspecified atom stereocenters. The van der Waals surface area contributed by atoms with Crippen molar-refractivity contribution < 1.29 is 18.0 Å². The lowest BCUT2D eigenvalue weighted by Gasteiger charge is -2.34. The zero-order valence-corrected chi connectivity index (χ0v) is 15.6. The molecule has 1 aromatic heterocycles. The van der Waals surface area contributed by atoms with Crippen LogP contribution in [-0.4, -0.2) is 21.7 Å². The van der Waals surface area contributed by atoms with Gasteiger partial charge in [0.15, 0.2) is 11.8 Å². The van der Waals surface area contributed by atoms with E-state index in [1.54, 1.807) is 24.3 Å². The van der Waals surface area contributed by atoms with Gasteiger partial charge in [-0.05, 0) is 11.5 Å². The summed E-state index contributed by atoms with van der Waals surface area (Å²) in [4.78, 5) is 12.9. The Hall–Kier alpha value is -2.31. The summed E-state index contributed by atoms with van der Waals surface area (Å²) in [6.07, 6.45) is 2.57. The Morgan fingerprint density at radius 2 is 1.86 bits per heavy atom. The summed E-state index contributed by atoms with van der Waals surface area (Å²) in [6.45, 7) is 0. The number of benzene rings is 1. The molecular formula is C21H24F3N3O. The van der Waals surface area contributed by atoms with Crippen molar-refractivity contribution in [2.24, 2.45) is 5.92 Å². The van der Waals surface area contributed by atoms with Crippen molar-refractivity contribution >= 4 is 11.6 Å². The van der Waals surface area contributed by atoms with Gasteiger partial charge < -0.3 is 5.32 Å². The second-order valence-corrected chi connectivity index (χ2v) is 7.88. The molecule has 0 radical (unpaired) electrons. The lowest BCUT2D eigenvalue weighted by atomic mass is 9.85. The van der Waals surface area contributed by atoms with Crippen LogP contribution >= 0.6 is 0 Å². The van der Waals surface area contributed by atoms with Crippen LogP contribution in [0.1, 0.15) is 73.0 Å². The molecule has 1 aliphatic carbocycles. The average molecular weight is 391 g/mol. The Morgan fingerprint density at radius 3 is 2.54 bits per heavy atom. The summed E-state index contributed by atoms with van der Waals surface area (Å²) in [7, 11) is 0. The van der Waals surface area contributed by atoms with Gasteiger partial charge in [0.2, 0.25) is 0 Å². The fraction of sp³-hybridized carbons (Fsp3) is 0.524. The maximum atomic E-state index is 13.7. The van der Waals surface area contributed by atoms with Crippen LogP contribution in [0.4, 0.5) is 19.0 Å². The maximum Gasteiger partial charge on any atom is 0.410 e. The number of Topliss-reactive ketones (excluding diaryl/α,β-unsaturated/α-hetero) is 1. The van der Waals surface area contributed by atoms with E-state index in [0.717, 1.165) is 35.9 Å². The molecule has 0 amide bonds. The van der Waals surface area contributed by atoms with Gasteiger partial charge in [-0.25, -0.2) is 4.68 Å². The van der Waals surface area contributed by atoms with Crippen LogP contribution in [0.15, 0.2) is 36.5 Å². The third-order valence-electron chi connectivity index (χ3n) is 5.94. The number of nitrogens with zero attached hydrogens (tertiary/aromatic N) is 2. The van der Waals surface area contributed by atoms with E-state index in [9.17, 15) is 18.0 Å². The summed E-state index contributed by atoms with van der Waals surface area (Å²) in [5.74, 6) is 0.405. The molecule has 2 atom stereocenters. The first-order chi connectivity index (χ1) is 13.4. The Labute approximate surface area is 162 Å². The molecule has 2 heterocycles. The van der Waals surface area contributed by atoms with E-state index < -0.39 is 18.3 Å². The van der Waals surface area contributed by atoms with E-state index in [1.165, 1.54) is 12.6 Å². The monoisotopic (exact) mass is 391 g/mol. The van der Waals surface area contributed by atoms with Crippen molar-refractivity contribution in [1.82, 2.24) is 9.78 Å². The van der Waals surface area contributed by atoms with Gasteiger partial charge in [-0.1, -0.05) is 62.4 Å². The summed E-state index contributed by atoms with van der Waals surface area (Å²) < 4.78 is 42.1. The summed E-state index contributed by atoms with van der Waals surface area (Å²) in [5, 5.41) is 7.12. The minimum Gasteiger partial charge on any atom is -0.363 e. The van der Waals surface area contributed by atoms with Crippen molar-refractivity contribution in [3.8, 4) is 0 Å². The zero-order valence-electron chi connectivity index (χ0n) is 15.6. The topological polar surface area (TPSA) is 46.9 Å². The highest BCUT2D eigenvalue weighted by atomic mass is 19.4. The molecule has 0 bridgehead atoms. The summed E-state index contributed by atoms with van der Waals surface area (Å²) in [6, 6.07) is 6.79. The number of carbonyl (C=O) groups excluding carboxylic acids is 1. The van der Waals surface area contributed by atoms with Crippen LogP contribution in [0.2, 0.25) is 0 Å². The molecule has 1 aliphatic heterocycles. The molecule has 4 rings (SSSR count). The molecule has 2 aliphatic rings. The second kappa shape index (κ2) is 7.60. The smallest absolute Gasteiger partial charge is 0.363 e. The Bertz CT molecular complexity index is 825. The van der Waals surface area contributed by atoms with Gasteiger partial charge in [0.1, 0.15) is 5.82 Å². The van der Waals surface area contributed by atoms with Crippen LogP contribution in [0.25, 0.3) is 0 Å². The van der Waals surface area contributed by atoms with Crippen LogP contribution < -0.4 is 5.32 Å². The highest BCUT2D eigenvalue weighted by molar-refractivity contribution is 6.00. The number of halogens is 3. The van der Waals surface area contributed by atoms with Crippen molar-refractivity contribution in [3.05, 3.63) is 47.7 Å². The predicted octanol–water partition coefficient (Wildman–Crippen LogP) is 5.70. The molecule has 2 aromatic rings. The molecule has 150 valence electrons. The minimum atomic E-state index is -4.43. The summed E-state index contributed by atoms with van der Waals surface area (Å²) in [5.41, 5.74) is 1.05. The largest absolute Gasteiger partial charge is 0.410 e. The number of carbonyl (C=O) groups is 1. The number of nitrogens with one attached hydrogen (secondary N) is 1. The van der Waals surface area contributed by atoms with E-state index in [1.807, 2.05) is 6.07 Å². The van der Waals surface area contributed by atoms with Crippen LogP contribution in [0.3, 0.4) is 0 Å². The van der Waals surface area contributed by atoms with Gasteiger partial charge in [-0.2, -0.15) is 18.3 Å². The lowest BCUT2D eigenvalue weighted by Crippen LogP contribution is -2.36. The molecule has 4 nitrogen and oxygen atoms in total. The van der Waals surface area contributed by atoms with Crippen molar-refractivity contribution in [1.29, 1.82) is 0 Å². The van der Waals surface area contributed by atoms with Crippen LogP contribution in [0.5, 0.6) is 0 Å². The third kappa shape index (κ3) is 3.80. The summed E-state index contributed by atoms with van der Waals surface area (Å²) >= 11 is 0. The molecular weight excluding hydrogens is 367 g/mol. The molecule has 0 spiro atoms. The molecule has 7 heteroatoms. The van der Waals surface area contributed by atoms with E-state index in [2.05, 4.69) is 10.4 Å². The fourth-order valence-corrected chi connectivity index (χ4v) is 4.43. The molecule has 1 saturated carbocycles. The van der Waals surface area contributed by atoms with Gasteiger partial charge in [0, 0.05) is 12.8 Å². The molecule has 1 aromatic carbocycles. The highest BCUT2D eigenvalue weighted by Crippen LogP contribution is 2.44. The number of hydrogen-bond acceptors (Lipinski definition) is 3. The third-order valence-corrected chi connectivity index (χ3v) is 5.94. The SMILES string of the molecule is O=C(CC1CCCCC1)c1cnn2c1NC(c1ccccc1)CC2C(F)(F)F. The van der Waals surface area contributed by atoms with Gasteiger partial charge in [-0.15, -0.1) is 0 Å². The Balaban J connectivity index is 1.64. The average Bonchev–Trinajstić information content (AvgIpc) is 3.12. The van der Waals surface area contributed by atoms with Gasteiger partial charge >= 0.3 is 6.18 Å². The van der Waals surface area contributed by atoms with Crippen LogP contribution in [0, 0.1) is 5.92 Å². The normalized spacial score (nSPS) is 23.1. The van der Waals surface area contributed by atoms with Crippen molar-refractivity contribution in [2.45, 2.75) is 63.2 Å². The number of hydrogen-bond donors (Lipinski definition) is 1. The van der Waals surface area contributed by atoms with Crippen molar-refractivity contribution in [2.75, 3.05) is 5.32 Å². The Kier molecular flexibility index (Phi) is 5.17. The number of ketones is 1. The lowest BCUT2D eigenvalue weighted by molar-refractivity contribution is -0.173. The number of anilines is 1. The number of alkyl halides is 3. The molecule has 1 N–H and O–H groups in total. The van der Waals surface area contributed by atoms with Gasteiger partial charge in [0.05, 0.1) is 17.8 Å². The first-order valence-electron chi connectivity index (χ1n) is 9.92. The van der Waals surface area contributed by atoms with E-state index in [4.69, 9.17) is 0 Å². The maximum absolute atomic E-state index is 13.7. The number of rotatable bonds is 4. The molecule has 1 fully saturated rings. The van der Waals surface area contributed by atoms with E-state index in [0.29, 0.717) is 12.3 Å².